The van der Waals surface area contributed by atoms with Crippen LogP contribution in [-0.2, 0) is 19.6 Å². The Labute approximate surface area is 136 Å². The first-order valence-electron chi connectivity index (χ1n) is 7.52. The zero-order valence-corrected chi connectivity index (χ0v) is 14.1. The number of ether oxygens (including phenoxy) is 2. The van der Waals surface area contributed by atoms with E-state index in [4.69, 9.17) is 9.47 Å². The smallest absolute Gasteiger partial charge is 0.260 e. The van der Waals surface area contributed by atoms with Crippen molar-refractivity contribution in [3.05, 3.63) is 24.3 Å². The fraction of sp³-hybridized carbons (Fsp3) is 0.533. The molecule has 0 aromatic heterocycles. The molecule has 1 amide bonds. The van der Waals surface area contributed by atoms with Crippen molar-refractivity contribution in [1.29, 1.82) is 0 Å². The van der Waals surface area contributed by atoms with Crippen molar-refractivity contribution >= 4 is 15.9 Å². The maximum Gasteiger partial charge on any atom is 0.260 e. The molecule has 8 heteroatoms. The number of carbonyl (C=O) groups excluding carboxylic acids is 1. The van der Waals surface area contributed by atoms with E-state index in [1.807, 2.05) is 0 Å². The number of hydrogen-bond donors (Lipinski definition) is 2. The van der Waals surface area contributed by atoms with E-state index in [9.17, 15) is 13.2 Å². The van der Waals surface area contributed by atoms with Gasteiger partial charge < -0.3 is 14.8 Å². The van der Waals surface area contributed by atoms with Crippen LogP contribution in [-0.4, -0.2) is 46.7 Å². The summed E-state index contributed by atoms with van der Waals surface area (Å²) in [5.74, 6) is 0.180. The summed E-state index contributed by atoms with van der Waals surface area (Å²) in [5, 5.41) is 2.48. The quantitative estimate of drug-likeness (QED) is 0.759. The molecule has 0 saturated carbocycles. The van der Waals surface area contributed by atoms with Crippen LogP contribution in [0, 0.1) is 0 Å². The summed E-state index contributed by atoms with van der Waals surface area (Å²) >= 11 is 0. The number of carbonyl (C=O) groups is 1. The van der Waals surface area contributed by atoms with Gasteiger partial charge in [0.05, 0.1) is 11.0 Å². The molecule has 0 bridgehead atoms. The van der Waals surface area contributed by atoms with Crippen molar-refractivity contribution in [2.24, 2.45) is 0 Å². The Morgan fingerprint density at radius 3 is 2.65 bits per heavy atom. The average Bonchev–Trinajstić information content (AvgIpc) is 3.06. The summed E-state index contributed by atoms with van der Waals surface area (Å²) in [6.45, 7) is 2.57. The van der Waals surface area contributed by atoms with Gasteiger partial charge >= 0.3 is 0 Å². The normalized spacial score (nSPS) is 19.3. The third kappa shape index (κ3) is 4.92. The molecule has 7 nitrogen and oxygen atoms in total. The highest BCUT2D eigenvalue weighted by Gasteiger charge is 2.20. The maximum absolute atomic E-state index is 12.2. The van der Waals surface area contributed by atoms with E-state index in [0.29, 0.717) is 12.4 Å². The number of nitrogens with one attached hydrogen (secondary N) is 2. The first-order chi connectivity index (χ1) is 10.9. The molecule has 1 heterocycles. The van der Waals surface area contributed by atoms with Crippen LogP contribution in [0.5, 0.6) is 5.75 Å². The lowest BCUT2D eigenvalue weighted by Gasteiger charge is -2.14. The second-order valence-electron chi connectivity index (χ2n) is 5.33. The second-order valence-corrected chi connectivity index (χ2v) is 7.10. The molecule has 0 radical (unpaired) electrons. The van der Waals surface area contributed by atoms with E-state index in [-0.39, 0.29) is 23.5 Å². The third-order valence-corrected chi connectivity index (χ3v) is 5.03. The number of hydrogen-bond acceptors (Lipinski definition) is 5. The summed E-state index contributed by atoms with van der Waals surface area (Å²) < 4.78 is 37.8. The lowest BCUT2D eigenvalue weighted by Crippen LogP contribution is -2.33. The molecule has 0 unspecified atom stereocenters. The van der Waals surface area contributed by atoms with Crippen LogP contribution in [0.3, 0.4) is 0 Å². The number of benzene rings is 1. The van der Waals surface area contributed by atoms with E-state index in [1.54, 1.807) is 6.92 Å². The van der Waals surface area contributed by atoms with Gasteiger partial charge in [-0.1, -0.05) is 0 Å². The molecule has 1 aromatic rings. The molecule has 1 fully saturated rings. The lowest BCUT2D eigenvalue weighted by atomic mass is 10.2. The Balaban J connectivity index is 1.95. The predicted octanol–water partition coefficient (Wildman–Crippen LogP) is 0.657. The molecule has 1 saturated heterocycles. The summed E-state index contributed by atoms with van der Waals surface area (Å²) in [5.41, 5.74) is 0. The Morgan fingerprint density at radius 2 is 2.09 bits per heavy atom. The topological polar surface area (TPSA) is 93.7 Å². The average molecular weight is 342 g/mol. The standard InChI is InChI=1S/C15H22N2O5S/c1-11(15(18)16-2)22-12-5-7-14(8-6-12)23(19,20)17-10-13-4-3-9-21-13/h5-8,11,13,17H,3-4,9-10H2,1-2H3,(H,16,18)/t11-,13-/m0/s1. The molecule has 2 N–H and O–H groups in total. The van der Waals surface area contributed by atoms with Gasteiger partial charge in [0.1, 0.15) is 5.75 Å². The fourth-order valence-corrected chi connectivity index (χ4v) is 3.32. The van der Waals surface area contributed by atoms with Gasteiger partial charge in [0.15, 0.2) is 6.10 Å². The Bertz CT molecular complexity index is 624. The maximum atomic E-state index is 12.2. The van der Waals surface area contributed by atoms with Crippen molar-refractivity contribution in [3.63, 3.8) is 0 Å². The van der Waals surface area contributed by atoms with Crippen LogP contribution in [0.15, 0.2) is 29.2 Å². The molecule has 0 spiro atoms. The van der Waals surface area contributed by atoms with Gasteiger partial charge in [0, 0.05) is 20.2 Å². The Hall–Kier alpha value is -1.64. The minimum atomic E-state index is -3.58. The second kappa shape index (κ2) is 7.76. The van der Waals surface area contributed by atoms with Gasteiger partial charge in [-0.25, -0.2) is 13.1 Å². The van der Waals surface area contributed by atoms with E-state index in [2.05, 4.69) is 10.0 Å². The van der Waals surface area contributed by atoms with Gasteiger partial charge in [0.2, 0.25) is 10.0 Å². The van der Waals surface area contributed by atoms with Crippen LogP contribution in [0.4, 0.5) is 0 Å². The highest BCUT2D eigenvalue weighted by atomic mass is 32.2. The minimum Gasteiger partial charge on any atom is -0.481 e. The van der Waals surface area contributed by atoms with Crippen LogP contribution < -0.4 is 14.8 Å². The molecule has 0 aliphatic carbocycles. The number of likely N-dealkylation sites (N-methyl/N-ethyl adjacent to an activating group) is 1. The molecule has 128 valence electrons. The van der Waals surface area contributed by atoms with Crippen molar-refractivity contribution in [1.82, 2.24) is 10.0 Å². The summed E-state index contributed by atoms with van der Waals surface area (Å²) in [7, 11) is -2.05. The van der Waals surface area contributed by atoms with Crippen LogP contribution >= 0.6 is 0 Å². The summed E-state index contributed by atoms with van der Waals surface area (Å²) in [6, 6.07) is 5.95. The molecule has 2 rings (SSSR count). The van der Waals surface area contributed by atoms with Gasteiger partial charge in [-0.15, -0.1) is 0 Å². The molecule has 1 aliphatic heterocycles. The van der Waals surface area contributed by atoms with Crippen LogP contribution in [0.25, 0.3) is 0 Å². The van der Waals surface area contributed by atoms with Crippen molar-refractivity contribution in [3.8, 4) is 5.75 Å². The van der Waals surface area contributed by atoms with Gasteiger partial charge in [-0.2, -0.15) is 0 Å². The van der Waals surface area contributed by atoms with E-state index >= 15 is 0 Å². The van der Waals surface area contributed by atoms with E-state index in [0.717, 1.165) is 12.8 Å². The lowest BCUT2D eigenvalue weighted by molar-refractivity contribution is -0.126. The van der Waals surface area contributed by atoms with Gasteiger partial charge in [-0.05, 0) is 44.0 Å². The molecular weight excluding hydrogens is 320 g/mol. The molecule has 1 aliphatic rings. The van der Waals surface area contributed by atoms with Crippen molar-refractivity contribution < 1.29 is 22.7 Å². The summed E-state index contributed by atoms with van der Waals surface area (Å²) in [6.07, 6.45) is 1.12. The zero-order chi connectivity index (χ0) is 16.9. The van der Waals surface area contributed by atoms with Crippen molar-refractivity contribution in [2.75, 3.05) is 20.2 Å². The Morgan fingerprint density at radius 1 is 1.39 bits per heavy atom. The first kappa shape index (κ1) is 17.7. The number of sulfonamides is 1. The third-order valence-electron chi connectivity index (χ3n) is 3.59. The molecular formula is C15H22N2O5S. The number of rotatable bonds is 7. The predicted molar refractivity (Wildman–Crippen MR) is 84.8 cm³/mol. The van der Waals surface area contributed by atoms with Gasteiger partial charge in [-0.3, -0.25) is 4.79 Å². The highest BCUT2D eigenvalue weighted by molar-refractivity contribution is 7.89. The highest BCUT2D eigenvalue weighted by Crippen LogP contribution is 2.18. The molecule has 2 atom stereocenters. The van der Waals surface area contributed by atoms with Crippen molar-refractivity contribution in [2.45, 2.75) is 36.9 Å². The Kier molecular flexibility index (Phi) is 5.97. The van der Waals surface area contributed by atoms with Crippen LogP contribution in [0.1, 0.15) is 19.8 Å². The monoisotopic (exact) mass is 342 g/mol. The van der Waals surface area contributed by atoms with Crippen LogP contribution in [0.2, 0.25) is 0 Å². The van der Waals surface area contributed by atoms with E-state index < -0.39 is 16.1 Å². The SMILES string of the molecule is CNC(=O)[C@H](C)Oc1ccc(S(=O)(=O)NC[C@@H]2CCCO2)cc1. The van der Waals surface area contributed by atoms with Gasteiger partial charge in [0.25, 0.3) is 5.91 Å². The largest absolute Gasteiger partial charge is 0.481 e. The first-order valence-corrected chi connectivity index (χ1v) is 9.00. The van der Waals surface area contributed by atoms with E-state index in [1.165, 1.54) is 31.3 Å². The summed E-state index contributed by atoms with van der Waals surface area (Å²) in [4.78, 5) is 11.5. The molecule has 23 heavy (non-hydrogen) atoms. The molecule has 1 aromatic carbocycles. The number of amides is 1. The fourth-order valence-electron chi connectivity index (χ4n) is 2.25. The minimum absolute atomic E-state index is 0.0548. The zero-order valence-electron chi connectivity index (χ0n) is 13.2.